The van der Waals surface area contributed by atoms with Gasteiger partial charge in [0, 0.05) is 6.42 Å². The lowest BCUT2D eigenvalue weighted by Crippen LogP contribution is -2.66. The third-order valence-electron chi connectivity index (χ3n) is 16.0. The second-order valence-electron chi connectivity index (χ2n) is 22.9. The lowest BCUT2D eigenvalue weighted by molar-refractivity contribution is -0.379. The number of allylic oxidation sites excluding steroid dienone is 3. The van der Waals surface area contributed by atoms with Crippen LogP contribution in [0.3, 0.4) is 0 Å². The molecule has 3 heterocycles. The van der Waals surface area contributed by atoms with Crippen molar-refractivity contribution in [3.05, 3.63) is 24.3 Å². The second-order valence-corrected chi connectivity index (χ2v) is 22.9. The van der Waals surface area contributed by atoms with Gasteiger partial charge in [-0.3, -0.25) is 4.79 Å². The van der Waals surface area contributed by atoms with Crippen molar-refractivity contribution in [3.8, 4) is 0 Å². The van der Waals surface area contributed by atoms with Gasteiger partial charge in [-0.2, -0.15) is 0 Å². The molecule has 80 heavy (non-hydrogen) atoms. The summed E-state index contributed by atoms with van der Waals surface area (Å²) in [4.78, 5) is 13.3. The van der Waals surface area contributed by atoms with Crippen LogP contribution in [-0.4, -0.2) is 193 Å². The van der Waals surface area contributed by atoms with Crippen LogP contribution in [0.4, 0.5) is 0 Å². The molecule has 0 saturated carbocycles. The van der Waals surface area contributed by atoms with E-state index in [1.54, 1.807) is 6.08 Å². The summed E-state index contributed by atoms with van der Waals surface area (Å²) in [6.07, 6.45) is 20.0. The van der Waals surface area contributed by atoms with Gasteiger partial charge in [-0.05, 0) is 44.9 Å². The highest BCUT2D eigenvalue weighted by atomic mass is 16.8. The molecule has 19 heteroatoms. The number of aliphatic hydroxyl groups is 11. The summed E-state index contributed by atoms with van der Waals surface area (Å²) in [7, 11) is 0. The summed E-state index contributed by atoms with van der Waals surface area (Å²) >= 11 is 0. The molecule has 0 radical (unpaired) electrons. The molecule has 3 rings (SSSR count). The molecular weight excluding hydrogens is 1030 g/mol. The summed E-state index contributed by atoms with van der Waals surface area (Å²) < 4.78 is 34.3. The molecule has 0 aliphatic carbocycles. The molecule has 17 unspecified atom stereocenters. The molecule has 0 aromatic heterocycles. The number of carbonyl (C=O) groups excluding carboxylic acids is 1. The van der Waals surface area contributed by atoms with Gasteiger partial charge >= 0.3 is 0 Å². The van der Waals surface area contributed by atoms with Crippen molar-refractivity contribution in [3.63, 3.8) is 0 Å². The van der Waals surface area contributed by atoms with E-state index in [2.05, 4.69) is 31.3 Å². The van der Waals surface area contributed by atoms with Crippen LogP contribution in [0.25, 0.3) is 0 Å². The summed E-state index contributed by atoms with van der Waals surface area (Å²) in [5, 5.41) is 120. The molecule has 3 fully saturated rings. The molecule has 0 bridgehead atoms. The number of ether oxygens (including phenoxy) is 6. The highest BCUT2D eigenvalue weighted by Gasteiger charge is 2.53. The fourth-order valence-corrected chi connectivity index (χ4v) is 10.8. The smallest absolute Gasteiger partial charge is 0.220 e. The molecule has 3 aliphatic heterocycles. The molecule has 0 aromatic rings. The number of hydrogen-bond acceptors (Lipinski definition) is 18. The zero-order chi connectivity index (χ0) is 58.3. The lowest BCUT2D eigenvalue weighted by atomic mass is 9.96. The van der Waals surface area contributed by atoms with Crippen LogP contribution in [-0.2, 0) is 33.2 Å². The first kappa shape index (κ1) is 72.5. The van der Waals surface area contributed by atoms with E-state index >= 15 is 0 Å². The Balaban J connectivity index is 1.49. The standard InChI is InChI=1S/C61H113NO18/c1-3-5-7-9-11-13-15-17-19-21-22-23-25-27-29-31-33-35-37-39-49(67)62-44(45(66)38-36-34-32-30-28-26-24-20-18-16-14-12-10-8-6-4-2)43-75-59-55(73)52(70)57(47(41-64)77-59)80-61-56(74)53(71)58(48(42-65)78-61)79-60-54(72)51(69)50(68)46(40-63)76-60/h17,19,36,38,44-48,50-61,63-66,68-74H,3-16,18,20-35,37,39-43H2,1-2H3,(H,62,67)/b19-17-,38-36+. The SMILES string of the molecule is CCCCCCCC/C=C\CCCCCCCCCCCC(=O)NC(COC1OC(CO)C(OC2OC(CO)C(OC3OC(CO)C(O)C(O)C3O)C(O)C2O)C(O)C1O)C(O)/C=C/CCCCCCCCCCCCCCCC. The minimum atomic E-state index is -1.98. The lowest BCUT2D eigenvalue weighted by Gasteiger charge is -2.48. The van der Waals surface area contributed by atoms with Crippen LogP contribution in [0.5, 0.6) is 0 Å². The van der Waals surface area contributed by atoms with Gasteiger partial charge < -0.3 is 89.9 Å². The quantitative estimate of drug-likeness (QED) is 0.0234. The molecule has 12 N–H and O–H groups in total. The number of nitrogens with one attached hydrogen (secondary N) is 1. The monoisotopic (exact) mass is 1150 g/mol. The van der Waals surface area contributed by atoms with E-state index < -0.39 is 124 Å². The van der Waals surface area contributed by atoms with Crippen LogP contribution < -0.4 is 5.32 Å². The average molecular weight is 1150 g/mol. The Labute approximate surface area is 479 Å². The molecule has 19 nitrogen and oxygen atoms in total. The molecular formula is C61H113NO18. The predicted octanol–water partition coefficient (Wildman–Crippen LogP) is 6.32. The van der Waals surface area contributed by atoms with Gasteiger partial charge in [0.2, 0.25) is 5.91 Å². The number of unbranched alkanes of at least 4 members (excludes halogenated alkanes) is 29. The molecule has 470 valence electrons. The molecule has 3 saturated heterocycles. The van der Waals surface area contributed by atoms with Crippen LogP contribution in [0.1, 0.15) is 226 Å². The van der Waals surface area contributed by atoms with Gasteiger partial charge in [0.05, 0.1) is 38.6 Å². The van der Waals surface area contributed by atoms with Crippen molar-refractivity contribution in [1.82, 2.24) is 5.32 Å². The van der Waals surface area contributed by atoms with Crippen LogP contribution in [0.15, 0.2) is 24.3 Å². The van der Waals surface area contributed by atoms with Crippen LogP contribution in [0, 0.1) is 0 Å². The maximum atomic E-state index is 13.3. The first-order valence-corrected chi connectivity index (χ1v) is 31.6. The van der Waals surface area contributed by atoms with Crippen LogP contribution >= 0.6 is 0 Å². The molecule has 3 aliphatic rings. The van der Waals surface area contributed by atoms with E-state index in [0.717, 1.165) is 51.4 Å². The van der Waals surface area contributed by atoms with Crippen LogP contribution in [0.2, 0.25) is 0 Å². The zero-order valence-corrected chi connectivity index (χ0v) is 49.1. The fraction of sp³-hybridized carbons (Fsp3) is 0.918. The van der Waals surface area contributed by atoms with E-state index in [4.69, 9.17) is 28.4 Å². The highest BCUT2D eigenvalue weighted by molar-refractivity contribution is 5.76. The zero-order valence-electron chi connectivity index (χ0n) is 49.1. The van der Waals surface area contributed by atoms with Crippen molar-refractivity contribution < 1.29 is 89.4 Å². The third kappa shape index (κ3) is 28.0. The minimum absolute atomic E-state index is 0.243. The van der Waals surface area contributed by atoms with E-state index in [0.29, 0.717) is 6.42 Å². The van der Waals surface area contributed by atoms with Gasteiger partial charge in [0.1, 0.15) is 73.2 Å². The predicted molar refractivity (Wildman–Crippen MR) is 305 cm³/mol. The number of carbonyl (C=O) groups is 1. The highest BCUT2D eigenvalue weighted by Crippen LogP contribution is 2.33. The van der Waals surface area contributed by atoms with Crippen molar-refractivity contribution >= 4 is 5.91 Å². The van der Waals surface area contributed by atoms with Gasteiger partial charge in [0.15, 0.2) is 18.9 Å². The first-order chi connectivity index (χ1) is 38.8. The van der Waals surface area contributed by atoms with E-state index in [9.17, 15) is 61.0 Å². The van der Waals surface area contributed by atoms with Gasteiger partial charge in [-0.1, -0.05) is 199 Å². The Morgan fingerprint density at radius 2 is 0.787 bits per heavy atom. The van der Waals surface area contributed by atoms with Crippen molar-refractivity contribution in [2.45, 2.75) is 330 Å². The largest absolute Gasteiger partial charge is 0.394 e. The summed E-state index contributed by atoms with van der Waals surface area (Å²) in [5.41, 5.74) is 0. The Kier molecular flexibility index (Phi) is 40.5. The molecule has 1 amide bonds. The van der Waals surface area contributed by atoms with Gasteiger partial charge in [0.25, 0.3) is 0 Å². The maximum Gasteiger partial charge on any atom is 0.220 e. The van der Waals surface area contributed by atoms with Crippen molar-refractivity contribution in [1.29, 1.82) is 0 Å². The Morgan fingerprint density at radius 1 is 0.438 bits per heavy atom. The topological polar surface area (TPSA) is 307 Å². The number of aliphatic hydroxyl groups excluding tert-OH is 11. The Morgan fingerprint density at radius 3 is 1.21 bits per heavy atom. The van der Waals surface area contributed by atoms with Crippen molar-refractivity contribution in [2.75, 3.05) is 26.4 Å². The molecule has 0 aromatic carbocycles. The van der Waals surface area contributed by atoms with E-state index in [1.807, 2.05) is 6.08 Å². The van der Waals surface area contributed by atoms with Gasteiger partial charge in [-0.15, -0.1) is 0 Å². The van der Waals surface area contributed by atoms with Gasteiger partial charge in [-0.25, -0.2) is 0 Å². The first-order valence-electron chi connectivity index (χ1n) is 31.6. The summed E-state index contributed by atoms with van der Waals surface area (Å²) in [5.74, 6) is -0.277. The fourth-order valence-electron chi connectivity index (χ4n) is 10.8. The average Bonchev–Trinajstić information content (AvgIpc) is 3.50. The molecule has 17 atom stereocenters. The summed E-state index contributed by atoms with van der Waals surface area (Å²) in [6.45, 7) is 1.73. The Hall–Kier alpha value is -1.73. The minimum Gasteiger partial charge on any atom is -0.394 e. The third-order valence-corrected chi connectivity index (χ3v) is 16.0. The number of hydrogen-bond donors (Lipinski definition) is 12. The molecule has 0 spiro atoms. The van der Waals surface area contributed by atoms with E-state index in [-0.39, 0.29) is 18.9 Å². The van der Waals surface area contributed by atoms with Crippen molar-refractivity contribution in [2.24, 2.45) is 0 Å². The number of amides is 1. The Bertz CT molecular complexity index is 1560. The maximum absolute atomic E-state index is 13.3. The normalized spacial score (nSPS) is 30.1. The van der Waals surface area contributed by atoms with E-state index in [1.165, 1.54) is 148 Å². The second kappa shape index (κ2) is 44.7. The number of rotatable bonds is 47. The summed E-state index contributed by atoms with van der Waals surface area (Å²) in [6, 6.07) is -0.971.